The summed E-state index contributed by atoms with van der Waals surface area (Å²) >= 11 is 0. The van der Waals surface area contributed by atoms with Gasteiger partial charge in [-0.05, 0) is 30.7 Å². The molecule has 2 unspecified atom stereocenters. The molecule has 0 aromatic heterocycles. The maximum Gasteiger partial charge on any atom is 0.229 e. The summed E-state index contributed by atoms with van der Waals surface area (Å²) in [7, 11) is 0. The van der Waals surface area contributed by atoms with Gasteiger partial charge < -0.3 is 11.1 Å². The highest BCUT2D eigenvalue weighted by atomic mass is 16.2. The maximum atomic E-state index is 12.6. The summed E-state index contributed by atoms with van der Waals surface area (Å²) in [6.07, 6.45) is 7.44. The van der Waals surface area contributed by atoms with Crippen LogP contribution >= 0.6 is 0 Å². The van der Waals surface area contributed by atoms with Crippen molar-refractivity contribution in [2.75, 3.05) is 6.54 Å². The summed E-state index contributed by atoms with van der Waals surface area (Å²) < 4.78 is 0. The van der Waals surface area contributed by atoms with E-state index in [4.69, 9.17) is 5.73 Å². The van der Waals surface area contributed by atoms with Crippen molar-refractivity contribution >= 4 is 5.91 Å². The highest BCUT2D eigenvalue weighted by Gasteiger charge is 2.26. The third kappa shape index (κ3) is 4.31. The highest BCUT2D eigenvalue weighted by molar-refractivity contribution is 5.84. The molecule has 1 aliphatic rings. The van der Waals surface area contributed by atoms with Gasteiger partial charge in [0, 0.05) is 12.6 Å². The molecular weight excluding hydrogens is 260 g/mol. The zero-order valence-electron chi connectivity index (χ0n) is 13.1. The first-order chi connectivity index (χ1) is 10.3. The normalized spacial score (nSPS) is 19.0. The van der Waals surface area contributed by atoms with Gasteiger partial charge in [0.05, 0.1) is 5.92 Å². The van der Waals surface area contributed by atoms with Gasteiger partial charge >= 0.3 is 0 Å². The second-order valence-electron chi connectivity index (χ2n) is 6.12. The molecule has 1 aromatic carbocycles. The van der Waals surface area contributed by atoms with Crippen LogP contribution < -0.4 is 11.1 Å². The predicted octanol–water partition coefficient (Wildman–Crippen LogP) is 3.20. The van der Waals surface area contributed by atoms with Crippen LogP contribution in [-0.4, -0.2) is 18.5 Å². The van der Waals surface area contributed by atoms with Crippen LogP contribution in [0.3, 0.4) is 0 Å². The molecule has 0 spiro atoms. The lowest BCUT2D eigenvalue weighted by molar-refractivity contribution is -0.123. The van der Waals surface area contributed by atoms with Gasteiger partial charge in [-0.25, -0.2) is 0 Å². The van der Waals surface area contributed by atoms with Crippen molar-refractivity contribution in [2.45, 2.75) is 57.4 Å². The largest absolute Gasteiger partial charge is 0.353 e. The van der Waals surface area contributed by atoms with E-state index in [0.717, 1.165) is 12.0 Å². The summed E-state index contributed by atoms with van der Waals surface area (Å²) in [5.74, 6) is 0.492. The molecule has 2 rings (SSSR count). The van der Waals surface area contributed by atoms with Crippen LogP contribution in [0.5, 0.6) is 0 Å². The Hall–Kier alpha value is -1.35. The van der Waals surface area contributed by atoms with E-state index in [1.807, 2.05) is 30.3 Å². The van der Waals surface area contributed by atoms with Crippen LogP contribution in [-0.2, 0) is 4.79 Å². The number of benzene rings is 1. The van der Waals surface area contributed by atoms with E-state index in [1.54, 1.807) is 0 Å². The molecule has 3 heteroatoms. The smallest absolute Gasteiger partial charge is 0.229 e. The first-order valence-corrected chi connectivity index (χ1v) is 8.31. The quantitative estimate of drug-likeness (QED) is 0.844. The number of nitrogens with one attached hydrogen (secondary N) is 1. The minimum Gasteiger partial charge on any atom is -0.353 e. The molecule has 1 amide bonds. The number of carbonyl (C=O) groups excluding carboxylic acids is 1. The van der Waals surface area contributed by atoms with Crippen molar-refractivity contribution in [3.8, 4) is 0 Å². The summed E-state index contributed by atoms with van der Waals surface area (Å²) in [4.78, 5) is 12.6. The van der Waals surface area contributed by atoms with Crippen molar-refractivity contribution in [2.24, 2.45) is 11.7 Å². The summed E-state index contributed by atoms with van der Waals surface area (Å²) in [5.41, 5.74) is 6.85. The molecule has 2 atom stereocenters. The van der Waals surface area contributed by atoms with E-state index >= 15 is 0 Å². The Kier molecular flexibility index (Phi) is 6.24. The topological polar surface area (TPSA) is 55.1 Å². The van der Waals surface area contributed by atoms with Gasteiger partial charge in [-0.3, -0.25) is 4.79 Å². The molecule has 0 bridgehead atoms. The Morgan fingerprint density at radius 1 is 1.24 bits per heavy atom. The van der Waals surface area contributed by atoms with Gasteiger partial charge in [0.15, 0.2) is 0 Å². The Morgan fingerprint density at radius 2 is 1.90 bits per heavy atom. The zero-order valence-corrected chi connectivity index (χ0v) is 13.1. The number of nitrogens with two attached hydrogens (primary N) is 1. The van der Waals surface area contributed by atoms with Crippen molar-refractivity contribution in [1.82, 2.24) is 5.32 Å². The molecule has 0 aliphatic heterocycles. The lowest BCUT2D eigenvalue weighted by Gasteiger charge is -2.31. The van der Waals surface area contributed by atoms with E-state index in [0.29, 0.717) is 18.5 Å². The standard InChI is InChI=1S/C18H28N2O/c1-2-17(15-11-7-4-8-12-15)20-18(21)16(13-19)14-9-5-3-6-10-14/h3,5-6,9-10,15-17H,2,4,7-8,11-13,19H2,1H3,(H,20,21). The van der Waals surface area contributed by atoms with Crippen LogP contribution in [0.4, 0.5) is 0 Å². The zero-order chi connectivity index (χ0) is 15.1. The maximum absolute atomic E-state index is 12.6. The number of hydrogen-bond acceptors (Lipinski definition) is 2. The summed E-state index contributed by atoms with van der Waals surface area (Å²) in [6.45, 7) is 2.52. The van der Waals surface area contributed by atoms with Gasteiger partial charge in [-0.15, -0.1) is 0 Å². The van der Waals surface area contributed by atoms with E-state index in [2.05, 4.69) is 12.2 Å². The fourth-order valence-electron chi connectivity index (χ4n) is 3.45. The molecular formula is C18H28N2O. The van der Waals surface area contributed by atoms with E-state index in [1.165, 1.54) is 32.1 Å². The first-order valence-electron chi connectivity index (χ1n) is 8.31. The van der Waals surface area contributed by atoms with Gasteiger partial charge in [-0.1, -0.05) is 56.5 Å². The monoisotopic (exact) mass is 288 g/mol. The Morgan fingerprint density at radius 3 is 2.48 bits per heavy atom. The minimum atomic E-state index is -0.233. The first kappa shape index (κ1) is 16.0. The lowest BCUT2D eigenvalue weighted by atomic mass is 9.82. The lowest BCUT2D eigenvalue weighted by Crippen LogP contribution is -2.44. The summed E-state index contributed by atoms with van der Waals surface area (Å²) in [6, 6.07) is 10.2. The van der Waals surface area contributed by atoms with Crippen molar-refractivity contribution < 1.29 is 4.79 Å². The van der Waals surface area contributed by atoms with Crippen LogP contribution in [0.25, 0.3) is 0 Å². The highest BCUT2D eigenvalue weighted by Crippen LogP contribution is 2.28. The Balaban J connectivity index is 2.00. The average molecular weight is 288 g/mol. The molecule has 1 saturated carbocycles. The number of hydrogen-bond donors (Lipinski definition) is 2. The van der Waals surface area contributed by atoms with Crippen LogP contribution in [0.15, 0.2) is 30.3 Å². The van der Waals surface area contributed by atoms with Crippen LogP contribution in [0.1, 0.15) is 56.9 Å². The minimum absolute atomic E-state index is 0.0844. The molecule has 1 aliphatic carbocycles. The SMILES string of the molecule is CCC(NC(=O)C(CN)c1ccccc1)C1CCCCC1. The Bertz CT molecular complexity index is 426. The average Bonchev–Trinajstić information content (AvgIpc) is 2.55. The third-order valence-electron chi connectivity index (χ3n) is 4.74. The summed E-state index contributed by atoms with van der Waals surface area (Å²) in [5, 5.41) is 3.27. The van der Waals surface area contributed by atoms with Crippen molar-refractivity contribution in [1.29, 1.82) is 0 Å². The van der Waals surface area contributed by atoms with Gasteiger partial charge in [0.2, 0.25) is 5.91 Å². The fourth-order valence-corrected chi connectivity index (χ4v) is 3.45. The van der Waals surface area contributed by atoms with Crippen molar-refractivity contribution in [3.05, 3.63) is 35.9 Å². The predicted molar refractivity (Wildman–Crippen MR) is 87.0 cm³/mol. The van der Waals surface area contributed by atoms with E-state index in [9.17, 15) is 4.79 Å². The van der Waals surface area contributed by atoms with Crippen LogP contribution in [0.2, 0.25) is 0 Å². The van der Waals surface area contributed by atoms with Gasteiger partial charge in [0.25, 0.3) is 0 Å². The van der Waals surface area contributed by atoms with Crippen LogP contribution in [0, 0.1) is 5.92 Å². The molecule has 3 N–H and O–H groups in total. The van der Waals surface area contributed by atoms with E-state index in [-0.39, 0.29) is 11.8 Å². The van der Waals surface area contributed by atoms with Crippen molar-refractivity contribution in [3.63, 3.8) is 0 Å². The fraction of sp³-hybridized carbons (Fsp3) is 0.611. The van der Waals surface area contributed by atoms with Gasteiger partial charge in [0.1, 0.15) is 0 Å². The molecule has 116 valence electrons. The second kappa shape index (κ2) is 8.18. The molecule has 1 aromatic rings. The number of carbonyl (C=O) groups is 1. The molecule has 0 heterocycles. The second-order valence-corrected chi connectivity index (χ2v) is 6.12. The molecule has 0 saturated heterocycles. The number of amides is 1. The molecule has 1 fully saturated rings. The third-order valence-corrected chi connectivity index (χ3v) is 4.74. The van der Waals surface area contributed by atoms with Gasteiger partial charge in [-0.2, -0.15) is 0 Å². The molecule has 3 nitrogen and oxygen atoms in total. The van der Waals surface area contributed by atoms with E-state index < -0.39 is 0 Å². The number of rotatable bonds is 6. The Labute approximate surface area is 128 Å². The molecule has 0 radical (unpaired) electrons. The molecule has 21 heavy (non-hydrogen) atoms.